The van der Waals surface area contributed by atoms with Gasteiger partial charge in [-0.1, -0.05) is 42.5 Å². The molecule has 0 spiro atoms. The molecule has 0 bridgehead atoms. The van der Waals surface area contributed by atoms with Gasteiger partial charge in [-0.25, -0.2) is 0 Å². The summed E-state index contributed by atoms with van der Waals surface area (Å²) in [4.78, 5) is 2.24. The number of nitrogens with one attached hydrogen (secondary N) is 1. The van der Waals surface area contributed by atoms with Crippen molar-refractivity contribution in [2.45, 2.75) is 38.8 Å². The van der Waals surface area contributed by atoms with Gasteiger partial charge in [0, 0.05) is 24.5 Å². The maximum Gasteiger partial charge on any atom is 0.0250 e. The highest BCUT2D eigenvalue weighted by Crippen LogP contribution is 2.32. The minimum atomic E-state index is 0.140. The topological polar surface area (TPSA) is 15.3 Å². The van der Waals surface area contributed by atoms with Crippen LogP contribution in [0.1, 0.15) is 37.8 Å². The summed E-state index contributed by atoms with van der Waals surface area (Å²) in [5, 5.41) is 3.60. The Morgan fingerprint density at radius 3 is 2.52 bits per heavy atom. The predicted molar refractivity (Wildman–Crippen MR) is 91.6 cm³/mol. The van der Waals surface area contributed by atoms with Crippen molar-refractivity contribution in [3.63, 3.8) is 0 Å². The first-order valence-electron chi connectivity index (χ1n) is 7.71. The molecule has 2 heteroatoms. The van der Waals surface area contributed by atoms with E-state index in [1.165, 1.54) is 16.7 Å². The largest absolute Gasteiger partial charge is 0.308 e. The molecule has 1 unspecified atom stereocenters. The summed E-state index contributed by atoms with van der Waals surface area (Å²) in [7, 11) is 4.26. The first-order chi connectivity index (χ1) is 9.87. The molecular formula is C19H28N2. The highest BCUT2D eigenvalue weighted by atomic mass is 15.0. The van der Waals surface area contributed by atoms with E-state index in [0.29, 0.717) is 5.92 Å². The second-order valence-corrected chi connectivity index (χ2v) is 7.14. The summed E-state index contributed by atoms with van der Waals surface area (Å²) >= 11 is 0. The number of hydrogen-bond donors (Lipinski definition) is 1. The van der Waals surface area contributed by atoms with Gasteiger partial charge >= 0.3 is 0 Å². The molecule has 1 N–H and O–H groups in total. The lowest BCUT2D eigenvalue weighted by Gasteiger charge is -2.24. The van der Waals surface area contributed by atoms with Gasteiger partial charge in [0.2, 0.25) is 0 Å². The van der Waals surface area contributed by atoms with Gasteiger partial charge < -0.3 is 10.2 Å². The molecule has 1 aromatic carbocycles. The molecule has 0 saturated heterocycles. The summed E-state index contributed by atoms with van der Waals surface area (Å²) in [6.07, 6.45) is 6.77. The van der Waals surface area contributed by atoms with Crippen LogP contribution in [0.2, 0.25) is 0 Å². The Labute approximate surface area is 129 Å². The van der Waals surface area contributed by atoms with Crippen LogP contribution in [0.5, 0.6) is 0 Å². The number of likely N-dealkylation sites (N-methyl/N-ethyl adjacent to an activating group) is 1. The third-order valence-corrected chi connectivity index (χ3v) is 3.71. The molecule has 0 radical (unpaired) electrons. The number of allylic oxidation sites excluding steroid dienone is 3. The van der Waals surface area contributed by atoms with Crippen molar-refractivity contribution in [3.8, 4) is 0 Å². The van der Waals surface area contributed by atoms with Crippen LogP contribution >= 0.6 is 0 Å². The van der Waals surface area contributed by atoms with Crippen LogP contribution in [0.25, 0.3) is 0 Å². The average Bonchev–Trinajstić information content (AvgIpc) is 2.83. The molecule has 114 valence electrons. The molecule has 0 fully saturated rings. The predicted octanol–water partition coefficient (Wildman–Crippen LogP) is 3.72. The van der Waals surface area contributed by atoms with Crippen molar-refractivity contribution in [2.75, 3.05) is 20.6 Å². The highest BCUT2D eigenvalue weighted by molar-refractivity contribution is 5.45. The molecule has 0 aromatic heterocycles. The Morgan fingerprint density at radius 1 is 1.14 bits per heavy atom. The minimum absolute atomic E-state index is 0.140. The van der Waals surface area contributed by atoms with Gasteiger partial charge in [0.1, 0.15) is 0 Å². The van der Waals surface area contributed by atoms with Gasteiger partial charge in [0.15, 0.2) is 0 Å². The van der Waals surface area contributed by atoms with E-state index in [2.05, 4.69) is 87.6 Å². The third-order valence-electron chi connectivity index (χ3n) is 3.71. The monoisotopic (exact) mass is 284 g/mol. The molecule has 2 nitrogen and oxygen atoms in total. The second kappa shape index (κ2) is 6.59. The number of benzene rings is 1. The van der Waals surface area contributed by atoms with Crippen molar-refractivity contribution in [3.05, 3.63) is 59.2 Å². The van der Waals surface area contributed by atoms with E-state index in [9.17, 15) is 0 Å². The fourth-order valence-electron chi connectivity index (χ4n) is 2.70. The van der Waals surface area contributed by atoms with Crippen molar-refractivity contribution >= 4 is 0 Å². The average molecular weight is 284 g/mol. The maximum atomic E-state index is 3.60. The van der Waals surface area contributed by atoms with Crippen LogP contribution in [-0.4, -0.2) is 31.1 Å². The maximum absolute atomic E-state index is 3.60. The van der Waals surface area contributed by atoms with Crippen molar-refractivity contribution in [2.24, 2.45) is 0 Å². The standard InChI is InChI=1S/C19H28N2/c1-19(2,3)20-13-15-9-6-7-11-17(15)18-12-8-10-16(18)14-21(4)5/h6-12,18,20H,13-14H2,1-5H3. The van der Waals surface area contributed by atoms with E-state index in [1.54, 1.807) is 0 Å². The van der Waals surface area contributed by atoms with Crippen molar-refractivity contribution < 1.29 is 0 Å². The molecule has 0 aliphatic heterocycles. The zero-order valence-electron chi connectivity index (χ0n) is 14.0. The molecule has 1 aliphatic carbocycles. The Balaban J connectivity index is 2.20. The van der Waals surface area contributed by atoms with E-state index >= 15 is 0 Å². The second-order valence-electron chi connectivity index (χ2n) is 7.14. The fraction of sp³-hybridized carbons (Fsp3) is 0.474. The molecule has 0 saturated carbocycles. The molecular weight excluding hydrogens is 256 g/mol. The first-order valence-corrected chi connectivity index (χ1v) is 7.71. The van der Waals surface area contributed by atoms with E-state index in [0.717, 1.165) is 13.1 Å². The SMILES string of the molecule is CN(C)CC1=CC=CC1c1ccccc1CNC(C)(C)C. The normalized spacial score (nSPS) is 18.4. The number of hydrogen-bond acceptors (Lipinski definition) is 2. The van der Waals surface area contributed by atoms with E-state index in [1.807, 2.05) is 0 Å². The van der Waals surface area contributed by atoms with Crippen LogP contribution in [0.3, 0.4) is 0 Å². The van der Waals surface area contributed by atoms with Gasteiger partial charge in [-0.3, -0.25) is 0 Å². The Bertz CT molecular complexity index is 533. The number of nitrogens with zero attached hydrogens (tertiary/aromatic N) is 1. The van der Waals surface area contributed by atoms with E-state index in [4.69, 9.17) is 0 Å². The molecule has 1 atom stereocenters. The summed E-state index contributed by atoms with van der Waals surface area (Å²) < 4.78 is 0. The zero-order chi connectivity index (χ0) is 15.5. The summed E-state index contributed by atoms with van der Waals surface area (Å²) in [6, 6.07) is 8.80. The van der Waals surface area contributed by atoms with E-state index in [-0.39, 0.29) is 5.54 Å². The first kappa shape index (κ1) is 16.0. The van der Waals surface area contributed by atoms with Crippen LogP contribution in [0, 0.1) is 0 Å². The summed E-state index contributed by atoms with van der Waals surface area (Å²) in [6.45, 7) is 8.56. The van der Waals surface area contributed by atoms with E-state index < -0.39 is 0 Å². The van der Waals surface area contributed by atoms with Crippen molar-refractivity contribution in [1.29, 1.82) is 0 Å². The smallest absolute Gasteiger partial charge is 0.0250 e. The van der Waals surface area contributed by atoms with Crippen LogP contribution in [0.4, 0.5) is 0 Å². The summed E-state index contributed by atoms with van der Waals surface area (Å²) in [5.74, 6) is 0.422. The summed E-state index contributed by atoms with van der Waals surface area (Å²) in [5.41, 5.74) is 4.44. The molecule has 1 aliphatic rings. The Hall–Kier alpha value is -1.38. The van der Waals surface area contributed by atoms with Gasteiger partial charge in [0.05, 0.1) is 0 Å². The molecule has 0 heterocycles. The van der Waals surface area contributed by atoms with Crippen LogP contribution < -0.4 is 5.32 Å². The van der Waals surface area contributed by atoms with Crippen LogP contribution in [-0.2, 0) is 6.54 Å². The van der Waals surface area contributed by atoms with Gasteiger partial charge in [-0.2, -0.15) is 0 Å². The fourth-order valence-corrected chi connectivity index (χ4v) is 2.70. The van der Waals surface area contributed by atoms with Crippen molar-refractivity contribution in [1.82, 2.24) is 10.2 Å². The quantitative estimate of drug-likeness (QED) is 0.886. The molecule has 21 heavy (non-hydrogen) atoms. The lowest BCUT2D eigenvalue weighted by Crippen LogP contribution is -2.35. The lowest BCUT2D eigenvalue weighted by molar-refractivity contribution is 0.422. The van der Waals surface area contributed by atoms with Crippen LogP contribution in [0.15, 0.2) is 48.1 Å². The molecule has 1 aromatic rings. The zero-order valence-corrected chi connectivity index (χ0v) is 14.0. The van der Waals surface area contributed by atoms with Gasteiger partial charge in [-0.05, 0) is 51.6 Å². The minimum Gasteiger partial charge on any atom is -0.308 e. The molecule has 0 amide bonds. The third kappa shape index (κ3) is 4.55. The molecule has 2 rings (SSSR count). The highest BCUT2D eigenvalue weighted by Gasteiger charge is 2.20. The van der Waals surface area contributed by atoms with Gasteiger partial charge in [0.25, 0.3) is 0 Å². The Morgan fingerprint density at radius 2 is 1.86 bits per heavy atom. The Kier molecular flexibility index (Phi) is 5.02. The lowest BCUT2D eigenvalue weighted by atomic mass is 9.89. The number of rotatable bonds is 5. The van der Waals surface area contributed by atoms with Gasteiger partial charge in [-0.15, -0.1) is 0 Å².